The van der Waals surface area contributed by atoms with Gasteiger partial charge in [0.2, 0.25) is 0 Å². The number of nitrogens with two attached hydrogens (primary N) is 1. The van der Waals surface area contributed by atoms with Gasteiger partial charge < -0.3 is 5.73 Å². The Hall–Kier alpha value is -0.0800. The minimum Gasteiger partial charge on any atom is -0.319 e. The van der Waals surface area contributed by atoms with Gasteiger partial charge in [-0.3, -0.25) is 4.79 Å². The van der Waals surface area contributed by atoms with Crippen molar-refractivity contribution in [3.63, 3.8) is 0 Å². The van der Waals surface area contributed by atoms with Crippen molar-refractivity contribution in [2.24, 2.45) is 5.73 Å². The fourth-order valence-electron chi connectivity index (χ4n) is 0.766. The van der Waals surface area contributed by atoms with Crippen LogP contribution in [-0.2, 0) is 4.79 Å². The van der Waals surface area contributed by atoms with E-state index in [9.17, 15) is 4.79 Å². The van der Waals surface area contributed by atoms with Crippen molar-refractivity contribution < 1.29 is 4.79 Å². The molecule has 0 aromatic rings. The van der Waals surface area contributed by atoms with Gasteiger partial charge in [-0.2, -0.15) is 0 Å². The zero-order chi connectivity index (χ0) is 6.20. The molecule has 1 aliphatic carbocycles. The van der Waals surface area contributed by atoms with Gasteiger partial charge in [-0.25, -0.2) is 0 Å². The second-order valence-corrected chi connectivity index (χ2v) is 2.43. The Bertz CT molecular complexity index is 120. The Kier molecular flexibility index (Phi) is 2.65. The van der Waals surface area contributed by atoms with Crippen LogP contribution in [0.1, 0.15) is 26.2 Å². The zero-order valence-corrected chi connectivity index (χ0v) is 6.33. The average molecular weight is 150 g/mol. The maximum absolute atomic E-state index is 10.8. The van der Waals surface area contributed by atoms with Gasteiger partial charge in [0.05, 0.1) is 5.54 Å². The van der Waals surface area contributed by atoms with Crippen LogP contribution in [0.25, 0.3) is 0 Å². The van der Waals surface area contributed by atoms with E-state index in [0.29, 0.717) is 6.42 Å². The Morgan fingerprint density at radius 2 is 2.11 bits per heavy atom. The lowest BCUT2D eigenvalue weighted by atomic mass is 10.1. The van der Waals surface area contributed by atoms with Crippen LogP contribution in [0.4, 0.5) is 0 Å². The normalized spacial score (nSPS) is 20.2. The number of halogens is 1. The van der Waals surface area contributed by atoms with E-state index >= 15 is 0 Å². The molecule has 0 saturated heterocycles. The number of ketones is 1. The summed E-state index contributed by atoms with van der Waals surface area (Å²) in [5.41, 5.74) is 5.17. The fraction of sp³-hybridized carbons (Fsp3) is 0.833. The predicted octanol–water partition coefficient (Wildman–Crippen LogP) is 0.879. The Balaban J connectivity index is 0.000000640. The molecule has 0 aromatic carbocycles. The Labute approximate surface area is 61.2 Å². The predicted molar refractivity (Wildman–Crippen MR) is 38.7 cm³/mol. The first kappa shape index (κ1) is 8.92. The fourth-order valence-corrected chi connectivity index (χ4v) is 0.766. The molecule has 2 N–H and O–H groups in total. The average Bonchev–Trinajstić information content (AvgIpc) is 2.47. The smallest absolute Gasteiger partial charge is 0.152 e. The molecule has 2 nitrogen and oxygen atoms in total. The van der Waals surface area contributed by atoms with Crippen molar-refractivity contribution in [1.82, 2.24) is 0 Å². The lowest BCUT2D eigenvalue weighted by Crippen LogP contribution is -2.31. The van der Waals surface area contributed by atoms with Crippen LogP contribution in [0.2, 0.25) is 0 Å². The van der Waals surface area contributed by atoms with Gasteiger partial charge in [0.1, 0.15) is 0 Å². The maximum atomic E-state index is 10.8. The highest BCUT2D eigenvalue weighted by atomic mass is 35.5. The van der Waals surface area contributed by atoms with E-state index in [1.165, 1.54) is 0 Å². The molecular formula is C6H12ClNO. The summed E-state index contributed by atoms with van der Waals surface area (Å²) in [4.78, 5) is 10.8. The number of carbonyl (C=O) groups excluding carboxylic acids is 1. The van der Waals surface area contributed by atoms with Gasteiger partial charge in [-0.15, -0.1) is 12.4 Å². The van der Waals surface area contributed by atoms with E-state index in [1.54, 1.807) is 0 Å². The molecule has 0 bridgehead atoms. The van der Waals surface area contributed by atoms with Gasteiger partial charge in [-0.05, 0) is 12.8 Å². The van der Waals surface area contributed by atoms with E-state index < -0.39 is 0 Å². The lowest BCUT2D eigenvalue weighted by molar-refractivity contribution is -0.120. The monoisotopic (exact) mass is 149 g/mol. The van der Waals surface area contributed by atoms with Crippen LogP contribution in [-0.4, -0.2) is 11.3 Å². The Morgan fingerprint density at radius 3 is 2.22 bits per heavy atom. The molecule has 0 aromatic heterocycles. The maximum Gasteiger partial charge on any atom is 0.152 e. The first-order chi connectivity index (χ1) is 3.69. The summed E-state index contributed by atoms with van der Waals surface area (Å²) in [6.07, 6.45) is 2.40. The first-order valence-electron chi connectivity index (χ1n) is 3.01. The second-order valence-electron chi connectivity index (χ2n) is 2.43. The molecule has 1 saturated carbocycles. The molecule has 0 heterocycles. The quantitative estimate of drug-likeness (QED) is 0.634. The van der Waals surface area contributed by atoms with Crippen molar-refractivity contribution in [3.8, 4) is 0 Å². The minimum absolute atomic E-state index is 0. The molecule has 0 aliphatic heterocycles. The summed E-state index contributed by atoms with van der Waals surface area (Å²) >= 11 is 0. The van der Waals surface area contributed by atoms with E-state index in [2.05, 4.69) is 0 Å². The van der Waals surface area contributed by atoms with E-state index in [-0.39, 0.29) is 23.7 Å². The van der Waals surface area contributed by atoms with Crippen LogP contribution >= 0.6 is 12.4 Å². The second kappa shape index (κ2) is 2.67. The molecule has 0 atom stereocenters. The highest BCUT2D eigenvalue weighted by Crippen LogP contribution is 2.33. The Morgan fingerprint density at radius 1 is 1.67 bits per heavy atom. The van der Waals surface area contributed by atoms with Crippen molar-refractivity contribution >= 4 is 18.2 Å². The molecular weight excluding hydrogens is 138 g/mol. The molecule has 3 heteroatoms. The van der Waals surface area contributed by atoms with E-state index in [0.717, 1.165) is 12.8 Å². The minimum atomic E-state index is -0.380. The van der Waals surface area contributed by atoms with Gasteiger partial charge in [0, 0.05) is 6.42 Å². The molecule has 1 fully saturated rings. The largest absolute Gasteiger partial charge is 0.319 e. The summed E-state index contributed by atoms with van der Waals surface area (Å²) in [6, 6.07) is 0. The van der Waals surface area contributed by atoms with Gasteiger partial charge >= 0.3 is 0 Å². The van der Waals surface area contributed by atoms with Gasteiger partial charge in [0.25, 0.3) is 0 Å². The number of carbonyl (C=O) groups is 1. The topological polar surface area (TPSA) is 43.1 Å². The van der Waals surface area contributed by atoms with Crippen molar-refractivity contribution in [3.05, 3.63) is 0 Å². The van der Waals surface area contributed by atoms with Crippen LogP contribution in [0, 0.1) is 0 Å². The van der Waals surface area contributed by atoms with Crippen LogP contribution in [0.5, 0.6) is 0 Å². The van der Waals surface area contributed by atoms with E-state index in [1.807, 2.05) is 6.92 Å². The number of hydrogen-bond donors (Lipinski definition) is 1. The molecule has 0 unspecified atom stereocenters. The first-order valence-corrected chi connectivity index (χ1v) is 3.01. The number of rotatable bonds is 2. The lowest BCUT2D eigenvalue weighted by Gasteiger charge is -2.01. The molecule has 0 amide bonds. The van der Waals surface area contributed by atoms with Crippen LogP contribution in [0.15, 0.2) is 0 Å². The molecule has 0 radical (unpaired) electrons. The zero-order valence-electron chi connectivity index (χ0n) is 5.52. The summed E-state index contributed by atoms with van der Waals surface area (Å²) in [6.45, 7) is 1.86. The third-order valence-corrected chi connectivity index (χ3v) is 1.67. The highest BCUT2D eigenvalue weighted by Gasteiger charge is 2.44. The summed E-state index contributed by atoms with van der Waals surface area (Å²) in [5.74, 6) is 0.220. The van der Waals surface area contributed by atoms with E-state index in [4.69, 9.17) is 5.73 Å². The summed E-state index contributed by atoms with van der Waals surface area (Å²) in [7, 11) is 0. The summed E-state index contributed by atoms with van der Waals surface area (Å²) < 4.78 is 0. The molecule has 0 spiro atoms. The number of hydrogen-bond acceptors (Lipinski definition) is 2. The van der Waals surface area contributed by atoms with Crippen molar-refractivity contribution in [2.75, 3.05) is 0 Å². The van der Waals surface area contributed by atoms with Crippen LogP contribution < -0.4 is 5.73 Å². The van der Waals surface area contributed by atoms with Crippen LogP contribution in [0.3, 0.4) is 0 Å². The van der Waals surface area contributed by atoms with Crippen molar-refractivity contribution in [1.29, 1.82) is 0 Å². The SMILES string of the molecule is CCC(=O)C1(N)CC1.Cl. The molecule has 54 valence electrons. The van der Waals surface area contributed by atoms with Crippen molar-refractivity contribution in [2.45, 2.75) is 31.7 Å². The van der Waals surface area contributed by atoms with Gasteiger partial charge in [-0.1, -0.05) is 6.92 Å². The number of Topliss-reactive ketones (excluding diaryl/α,β-unsaturated/α-hetero) is 1. The standard InChI is InChI=1S/C6H11NO.ClH/c1-2-5(8)6(7)3-4-6;/h2-4,7H2,1H3;1H. The molecule has 1 aliphatic rings. The summed E-state index contributed by atoms with van der Waals surface area (Å²) in [5, 5.41) is 0. The molecule has 9 heavy (non-hydrogen) atoms. The molecule has 1 rings (SSSR count). The third-order valence-electron chi connectivity index (χ3n) is 1.67. The highest BCUT2D eigenvalue weighted by molar-refractivity contribution is 5.90. The van der Waals surface area contributed by atoms with Gasteiger partial charge in [0.15, 0.2) is 5.78 Å². The third kappa shape index (κ3) is 1.66.